The van der Waals surface area contributed by atoms with Crippen LogP contribution in [-0.2, 0) is 0 Å². The fraction of sp³-hybridized carbons (Fsp3) is 0.467. The minimum absolute atomic E-state index is 0.0324. The monoisotopic (exact) mass is 311 g/mol. The number of nitrogens with one attached hydrogen (secondary N) is 1. The molecule has 1 atom stereocenters. The Morgan fingerprint density at radius 1 is 1.44 bits per heavy atom. The molecule has 1 aromatic carbocycles. The van der Waals surface area contributed by atoms with Crippen molar-refractivity contribution >= 4 is 15.9 Å². The largest absolute Gasteiger partial charge is 0.306 e. The van der Waals surface area contributed by atoms with Gasteiger partial charge in [0, 0.05) is 10.0 Å². The van der Waals surface area contributed by atoms with E-state index in [0.29, 0.717) is 0 Å². The summed E-state index contributed by atoms with van der Waals surface area (Å²) in [5.74, 6) is -0.125. The third-order valence-electron chi connectivity index (χ3n) is 3.31. The van der Waals surface area contributed by atoms with Crippen LogP contribution in [0.3, 0.4) is 0 Å². The molecule has 0 heterocycles. The van der Waals surface area contributed by atoms with E-state index in [-0.39, 0.29) is 11.9 Å². The highest BCUT2D eigenvalue weighted by atomic mass is 79.9. The molecule has 18 heavy (non-hydrogen) atoms. The smallest absolute Gasteiger partial charge is 0.128 e. The number of allylic oxidation sites excluding steroid dienone is 1. The van der Waals surface area contributed by atoms with Gasteiger partial charge in [-0.2, -0.15) is 0 Å². The molecule has 1 aliphatic carbocycles. The first-order valence-corrected chi connectivity index (χ1v) is 7.39. The lowest BCUT2D eigenvalue weighted by Gasteiger charge is -2.21. The fourth-order valence-electron chi connectivity index (χ4n) is 2.42. The Balaban J connectivity index is 2.29. The lowest BCUT2D eigenvalue weighted by molar-refractivity contribution is 0.534. The van der Waals surface area contributed by atoms with E-state index in [1.54, 1.807) is 6.07 Å². The second kappa shape index (κ2) is 6.48. The molecule has 0 aliphatic heterocycles. The fourth-order valence-corrected chi connectivity index (χ4v) is 2.80. The number of hydrogen-bond acceptors (Lipinski definition) is 1. The van der Waals surface area contributed by atoms with Gasteiger partial charge < -0.3 is 5.32 Å². The molecule has 0 saturated carbocycles. The van der Waals surface area contributed by atoms with Crippen molar-refractivity contribution in [2.24, 2.45) is 0 Å². The second-order valence-corrected chi connectivity index (χ2v) is 5.64. The van der Waals surface area contributed by atoms with E-state index in [4.69, 9.17) is 0 Å². The van der Waals surface area contributed by atoms with Gasteiger partial charge in [-0.05, 0) is 50.4 Å². The minimum atomic E-state index is -0.125. The first kappa shape index (κ1) is 13.8. The van der Waals surface area contributed by atoms with Crippen molar-refractivity contribution in [2.75, 3.05) is 6.54 Å². The van der Waals surface area contributed by atoms with Crippen LogP contribution in [0.1, 0.15) is 44.2 Å². The molecule has 0 fully saturated rings. The van der Waals surface area contributed by atoms with Gasteiger partial charge in [0.25, 0.3) is 0 Å². The molecule has 1 aromatic rings. The number of halogens is 2. The quantitative estimate of drug-likeness (QED) is 0.774. The summed E-state index contributed by atoms with van der Waals surface area (Å²) < 4.78 is 14.9. The lowest BCUT2D eigenvalue weighted by Crippen LogP contribution is -2.24. The van der Waals surface area contributed by atoms with Gasteiger partial charge in [-0.15, -0.1) is 0 Å². The summed E-state index contributed by atoms with van der Waals surface area (Å²) in [6, 6.07) is 5.21. The first-order valence-electron chi connectivity index (χ1n) is 6.59. The summed E-state index contributed by atoms with van der Waals surface area (Å²) in [4.78, 5) is 0. The third kappa shape index (κ3) is 3.21. The molecule has 1 nitrogen and oxygen atoms in total. The van der Waals surface area contributed by atoms with Crippen molar-refractivity contribution in [3.63, 3.8) is 0 Å². The predicted molar refractivity (Wildman–Crippen MR) is 77.1 cm³/mol. The van der Waals surface area contributed by atoms with Crippen molar-refractivity contribution in [1.29, 1.82) is 0 Å². The van der Waals surface area contributed by atoms with Crippen molar-refractivity contribution < 1.29 is 4.39 Å². The molecule has 0 bridgehead atoms. The zero-order chi connectivity index (χ0) is 13.0. The van der Waals surface area contributed by atoms with Crippen LogP contribution in [0.5, 0.6) is 0 Å². The number of hydrogen-bond donors (Lipinski definition) is 1. The molecule has 0 spiro atoms. The second-order valence-electron chi connectivity index (χ2n) is 4.72. The molecule has 1 N–H and O–H groups in total. The maximum Gasteiger partial charge on any atom is 0.128 e. The zero-order valence-electron chi connectivity index (χ0n) is 10.7. The topological polar surface area (TPSA) is 12.0 Å². The van der Waals surface area contributed by atoms with Gasteiger partial charge in [0.2, 0.25) is 0 Å². The maximum absolute atomic E-state index is 14.0. The summed E-state index contributed by atoms with van der Waals surface area (Å²) in [6.45, 7) is 3.04. The SMILES string of the molecule is CCCNC(C1=CCCC1)c1cc(Br)ccc1F. The molecule has 1 unspecified atom stereocenters. The summed E-state index contributed by atoms with van der Waals surface area (Å²) >= 11 is 3.43. The van der Waals surface area contributed by atoms with E-state index >= 15 is 0 Å². The molecule has 0 saturated heterocycles. The third-order valence-corrected chi connectivity index (χ3v) is 3.81. The molecular weight excluding hydrogens is 293 g/mol. The summed E-state index contributed by atoms with van der Waals surface area (Å²) in [5, 5.41) is 3.47. The Hall–Kier alpha value is -0.670. The highest BCUT2D eigenvalue weighted by Gasteiger charge is 2.21. The van der Waals surface area contributed by atoms with E-state index in [2.05, 4.69) is 34.2 Å². The standard InChI is InChI=1S/C15H19BrFN/c1-2-9-18-15(11-5-3-4-6-11)13-10-12(16)7-8-14(13)17/h5,7-8,10,15,18H,2-4,6,9H2,1H3. The van der Waals surface area contributed by atoms with Gasteiger partial charge in [0.1, 0.15) is 5.82 Å². The van der Waals surface area contributed by atoms with Crippen LogP contribution in [-0.4, -0.2) is 6.54 Å². The van der Waals surface area contributed by atoms with Gasteiger partial charge in [-0.1, -0.05) is 34.5 Å². The van der Waals surface area contributed by atoms with E-state index in [9.17, 15) is 4.39 Å². The molecule has 1 aliphatic rings. The van der Waals surface area contributed by atoms with Crippen molar-refractivity contribution in [3.05, 3.63) is 45.7 Å². The molecule has 0 aromatic heterocycles. The molecular formula is C15H19BrFN. The van der Waals surface area contributed by atoms with Crippen LogP contribution in [0.4, 0.5) is 4.39 Å². The predicted octanol–water partition coefficient (Wildman–Crippen LogP) is 4.74. The summed E-state index contributed by atoms with van der Waals surface area (Å²) in [5.41, 5.74) is 2.09. The minimum Gasteiger partial charge on any atom is -0.306 e. The Morgan fingerprint density at radius 3 is 2.94 bits per heavy atom. The van der Waals surface area contributed by atoms with Crippen LogP contribution in [0.15, 0.2) is 34.3 Å². The van der Waals surface area contributed by atoms with Gasteiger partial charge in [-0.3, -0.25) is 0 Å². The normalized spacial score (nSPS) is 16.7. The molecule has 2 rings (SSSR count). The highest BCUT2D eigenvalue weighted by Crippen LogP contribution is 2.33. The highest BCUT2D eigenvalue weighted by molar-refractivity contribution is 9.10. The summed E-state index contributed by atoms with van der Waals surface area (Å²) in [7, 11) is 0. The Labute approximate surface area is 117 Å². The first-order chi connectivity index (χ1) is 8.72. The van der Waals surface area contributed by atoms with Gasteiger partial charge in [0.05, 0.1) is 6.04 Å². The maximum atomic E-state index is 14.0. The number of rotatable bonds is 5. The van der Waals surface area contributed by atoms with Crippen LogP contribution in [0.2, 0.25) is 0 Å². The van der Waals surface area contributed by atoms with E-state index < -0.39 is 0 Å². The average molecular weight is 312 g/mol. The van der Waals surface area contributed by atoms with E-state index in [0.717, 1.165) is 35.8 Å². The van der Waals surface area contributed by atoms with E-state index in [1.165, 1.54) is 18.1 Å². The van der Waals surface area contributed by atoms with Gasteiger partial charge in [-0.25, -0.2) is 4.39 Å². The lowest BCUT2D eigenvalue weighted by atomic mass is 9.97. The van der Waals surface area contributed by atoms with Gasteiger partial charge >= 0.3 is 0 Å². The van der Waals surface area contributed by atoms with Crippen molar-refractivity contribution in [1.82, 2.24) is 5.32 Å². The van der Waals surface area contributed by atoms with Crippen LogP contribution in [0.25, 0.3) is 0 Å². The zero-order valence-corrected chi connectivity index (χ0v) is 12.3. The molecule has 0 radical (unpaired) electrons. The Bertz CT molecular complexity index is 442. The van der Waals surface area contributed by atoms with Crippen molar-refractivity contribution in [2.45, 2.75) is 38.6 Å². The van der Waals surface area contributed by atoms with E-state index in [1.807, 2.05) is 6.07 Å². The van der Waals surface area contributed by atoms with Crippen LogP contribution < -0.4 is 5.32 Å². The van der Waals surface area contributed by atoms with Crippen LogP contribution >= 0.6 is 15.9 Å². The van der Waals surface area contributed by atoms with Gasteiger partial charge in [0.15, 0.2) is 0 Å². The molecule has 3 heteroatoms. The molecule has 0 amide bonds. The Kier molecular flexibility index (Phi) is 4.95. The van der Waals surface area contributed by atoms with Crippen LogP contribution in [0, 0.1) is 5.82 Å². The summed E-state index contributed by atoms with van der Waals surface area (Å²) in [6.07, 6.45) is 6.70. The van der Waals surface area contributed by atoms with Crippen molar-refractivity contribution in [3.8, 4) is 0 Å². The number of benzene rings is 1. The average Bonchev–Trinajstić information content (AvgIpc) is 2.88. The Morgan fingerprint density at radius 2 is 2.28 bits per heavy atom. The molecule has 98 valence electrons.